The molecule has 0 rings (SSSR count). The van der Waals surface area contributed by atoms with Crippen LogP contribution in [0.1, 0.15) is 0 Å². The van der Waals surface area contributed by atoms with Crippen molar-refractivity contribution in [1.82, 2.24) is 5.32 Å². The van der Waals surface area contributed by atoms with Gasteiger partial charge in [0, 0.05) is 19.8 Å². The van der Waals surface area contributed by atoms with E-state index >= 15 is 0 Å². The Kier molecular flexibility index (Phi) is 10.2. The second-order valence-electron chi connectivity index (χ2n) is 2.07. The van der Waals surface area contributed by atoms with Crippen molar-refractivity contribution in [2.45, 2.75) is 0 Å². The summed E-state index contributed by atoms with van der Waals surface area (Å²) in [5.74, 6) is 0. The second-order valence-corrected chi connectivity index (χ2v) is 3.74. The monoisotopic (exact) mass is 193 g/mol. The minimum atomic E-state index is -3.64. The average molecular weight is 193 g/mol. The molecule has 0 radical (unpaired) electrons. The maximum atomic E-state index is 9.33. The van der Waals surface area contributed by atoms with Crippen LogP contribution in [0.2, 0.25) is 0 Å². The van der Waals surface area contributed by atoms with Crippen molar-refractivity contribution in [2.24, 2.45) is 0 Å². The molecule has 0 aromatic heterocycles. The highest BCUT2D eigenvalue weighted by atomic mass is 31.2. The van der Waals surface area contributed by atoms with Crippen molar-refractivity contribution in [2.75, 3.05) is 19.8 Å². The van der Waals surface area contributed by atoms with Gasteiger partial charge in [-0.05, 0) is 0 Å². The quantitative estimate of drug-likeness (QED) is 0.350. The standard InChI is InChI=1S/C6H11N.CH5O3P/c1-3-5-7-6-4-2;1-5(2,3)4/h3-4,7H,1-2,5-6H2;1H3,(H2,2,3,4). The van der Waals surface area contributed by atoms with Crippen LogP contribution in [0.3, 0.4) is 0 Å². The van der Waals surface area contributed by atoms with Gasteiger partial charge in [-0.2, -0.15) is 0 Å². The van der Waals surface area contributed by atoms with Gasteiger partial charge in [0.1, 0.15) is 0 Å². The molecule has 0 bridgehead atoms. The molecule has 0 unspecified atom stereocenters. The fraction of sp³-hybridized carbons (Fsp3) is 0.429. The zero-order chi connectivity index (χ0) is 10.0. The molecule has 0 heterocycles. The molecule has 0 fully saturated rings. The van der Waals surface area contributed by atoms with Gasteiger partial charge in [0.25, 0.3) is 0 Å². The van der Waals surface area contributed by atoms with E-state index in [-0.39, 0.29) is 0 Å². The first kappa shape index (κ1) is 14.1. The highest BCUT2D eigenvalue weighted by Crippen LogP contribution is 2.26. The van der Waals surface area contributed by atoms with E-state index in [1.165, 1.54) is 0 Å². The van der Waals surface area contributed by atoms with E-state index in [4.69, 9.17) is 9.79 Å². The predicted molar refractivity (Wildman–Crippen MR) is 51.2 cm³/mol. The van der Waals surface area contributed by atoms with Gasteiger partial charge in [-0.1, -0.05) is 12.2 Å². The van der Waals surface area contributed by atoms with Crippen molar-refractivity contribution >= 4 is 7.60 Å². The van der Waals surface area contributed by atoms with Crippen molar-refractivity contribution < 1.29 is 14.4 Å². The Hall–Kier alpha value is -0.410. The molecule has 0 spiro atoms. The summed E-state index contributed by atoms with van der Waals surface area (Å²) < 4.78 is 9.33. The van der Waals surface area contributed by atoms with Gasteiger partial charge >= 0.3 is 7.60 Å². The summed E-state index contributed by atoms with van der Waals surface area (Å²) in [5.41, 5.74) is 0. The van der Waals surface area contributed by atoms with Crippen LogP contribution >= 0.6 is 7.60 Å². The molecule has 0 aliphatic heterocycles. The third-order valence-corrected chi connectivity index (χ3v) is 0.577. The summed E-state index contributed by atoms with van der Waals surface area (Å²) in [5, 5.41) is 3.05. The van der Waals surface area contributed by atoms with Gasteiger partial charge in [-0.15, -0.1) is 13.2 Å². The van der Waals surface area contributed by atoms with Gasteiger partial charge in [0.15, 0.2) is 0 Å². The average Bonchev–Trinajstić information content (AvgIpc) is 1.85. The highest BCUT2D eigenvalue weighted by molar-refractivity contribution is 7.50. The molecule has 12 heavy (non-hydrogen) atoms. The highest BCUT2D eigenvalue weighted by Gasteiger charge is 1.95. The van der Waals surface area contributed by atoms with Crippen LogP contribution in [0, 0.1) is 0 Å². The van der Waals surface area contributed by atoms with Crippen molar-refractivity contribution in [1.29, 1.82) is 0 Å². The van der Waals surface area contributed by atoms with Gasteiger partial charge in [-0.3, -0.25) is 4.57 Å². The van der Waals surface area contributed by atoms with E-state index in [9.17, 15) is 4.57 Å². The molecule has 0 atom stereocenters. The molecule has 3 N–H and O–H groups in total. The summed E-state index contributed by atoms with van der Waals surface area (Å²) in [7, 11) is -3.64. The molecule has 0 aliphatic rings. The van der Waals surface area contributed by atoms with E-state index in [1.54, 1.807) is 0 Å². The first-order valence-corrected chi connectivity index (χ1v) is 5.43. The third-order valence-electron chi connectivity index (χ3n) is 0.577. The van der Waals surface area contributed by atoms with Crippen molar-refractivity contribution in [3.8, 4) is 0 Å². The summed E-state index contributed by atoms with van der Waals surface area (Å²) >= 11 is 0. The van der Waals surface area contributed by atoms with Crippen LogP contribution in [0.5, 0.6) is 0 Å². The molecule has 0 aliphatic carbocycles. The number of hydrogen-bond acceptors (Lipinski definition) is 2. The SMILES string of the molecule is C=CCNCC=C.CP(=O)(O)O. The third kappa shape index (κ3) is 54.9. The predicted octanol–water partition coefficient (Wildman–Crippen LogP) is 0.742. The molecule has 5 heteroatoms. The summed E-state index contributed by atoms with van der Waals surface area (Å²) in [4.78, 5) is 15.3. The first-order chi connectivity index (χ1) is 5.41. The van der Waals surface area contributed by atoms with Crippen LogP contribution in [-0.4, -0.2) is 29.5 Å². The summed E-state index contributed by atoms with van der Waals surface area (Å²) in [6.07, 6.45) is 3.65. The van der Waals surface area contributed by atoms with Crippen LogP contribution in [0.4, 0.5) is 0 Å². The minimum Gasteiger partial charge on any atom is -0.325 e. The van der Waals surface area contributed by atoms with E-state index in [1.807, 2.05) is 12.2 Å². The fourth-order valence-corrected chi connectivity index (χ4v) is 0.287. The Balaban J connectivity index is 0. The zero-order valence-electron chi connectivity index (χ0n) is 7.23. The number of rotatable bonds is 4. The molecule has 72 valence electrons. The van der Waals surface area contributed by atoms with Crippen LogP contribution < -0.4 is 5.32 Å². The van der Waals surface area contributed by atoms with E-state index < -0.39 is 7.60 Å². The molecule has 4 nitrogen and oxygen atoms in total. The fourth-order valence-electron chi connectivity index (χ4n) is 0.287. The molecule has 0 saturated carbocycles. The van der Waals surface area contributed by atoms with Crippen LogP contribution in [0.25, 0.3) is 0 Å². The first-order valence-electron chi connectivity index (χ1n) is 3.37. The molecular formula is C7H16NO3P. The van der Waals surface area contributed by atoms with Crippen LogP contribution in [0.15, 0.2) is 25.3 Å². The number of hydrogen-bond donors (Lipinski definition) is 3. The lowest BCUT2D eigenvalue weighted by Gasteiger charge is -1.90. The van der Waals surface area contributed by atoms with Gasteiger partial charge in [-0.25, -0.2) is 0 Å². The number of nitrogens with one attached hydrogen (secondary N) is 1. The Morgan fingerprint density at radius 2 is 1.58 bits per heavy atom. The lowest BCUT2D eigenvalue weighted by molar-refractivity contribution is 0.381. The Bertz CT molecular complexity index is 148. The van der Waals surface area contributed by atoms with Gasteiger partial charge in [0.2, 0.25) is 0 Å². The lowest BCUT2D eigenvalue weighted by atomic mass is 10.5. The Morgan fingerprint density at radius 3 is 1.75 bits per heavy atom. The smallest absolute Gasteiger partial charge is 0.322 e. The summed E-state index contributed by atoms with van der Waals surface area (Å²) in [6.45, 7) is 9.66. The lowest BCUT2D eigenvalue weighted by Crippen LogP contribution is -2.11. The van der Waals surface area contributed by atoms with Crippen molar-refractivity contribution in [3.05, 3.63) is 25.3 Å². The van der Waals surface area contributed by atoms with E-state index in [2.05, 4.69) is 18.5 Å². The van der Waals surface area contributed by atoms with Crippen LogP contribution in [-0.2, 0) is 4.57 Å². The molecule has 0 aromatic carbocycles. The zero-order valence-corrected chi connectivity index (χ0v) is 8.13. The van der Waals surface area contributed by atoms with E-state index in [0.29, 0.717) is 0 Å². The topological polar surface area (TPSA) is 69.6 Å². The van der Waals surface area contributed by atoms with Gasteiger partial charge < -0.3 is 15.1 Å². The largest absolute Gasteiger partial charge is 0.325 e. The molecule has 0 aromatic rings. The maximum absolute atomic E-state index is 9.33. The minimum absolute atomic E-state index is 0.854. The Morgan fingerprint density at radius 1 is 1.33 bits per heavy atom. The molecule has 0 saturated heterocycles. The van der Waals surface area contributed by atoms with Gasteiger partial charge in [0.05, 0.1) is 0 Å². The molecular weight excluding hydrogens is 177 g/mol. The van der Waals surface area contributed by atoms with E-state index in [0.717, 1.165) is 19.8 Å². The Labute approximate surface area is 73.2 Å². The second kappa shape index (κ2) is 8.68. The molecule has 0 amide bonds. The van der Waals surface area contributed by atoms with Crippen molar-refractivity contribution in [3.63, 3.8) is 0 Å². The summed E-state index contributed by atoms with van der Waals surface area (Å²) in [6, 6.07) is 0. The maximum Gasteiger partial charge on any atom is 0.322 e. The normalized spacial score (nSPS) is 9.58.